The monoisotopic (exact) mass is 504 g/mol. The van der Waals surface area contributed by atoms with E-state index in [0.717, 1.165) is 36.0 Å². The minimum absolute atomic E-state index is 0.258. The summed E-state index contributed by atoms with van der Waals surface area (Å²) in [6.45, 7) is 12.4. The Morgan fingerprint density at radius 3 is 1.66 bits per heavy atom. The smallest absolute Gasteiger partial charge is 0.335 e. The zero-order chi connectivity index (χ0) is 25.5. The van der Waals surface area contributed by atoms with Gasteiger partial charge in [0.25, 0.3) is 0 Å². The Balaban J connectivity index is 2.26. The molecule has 0 aromatic heterocycles. The van der Waals surface area contributed by atoms with Gasteiger partial charge in [-0.25, -0.2) is 0 Å². The molecule has 0 radical (unpaired) electrons. The standard InChI is InChI=1S/C28H41O6P/c1-6-17-30-26-20-25(21-27(31-18-7-2)28(26)32-19-8-3)16-13-23-11-14-24(15-12-23)22-35(29,33-9-4)34-10-5/h11-16,20-21H,6-10,17-19,22H2,1-5H3/b16-13+. The van der Waals surface area contributed by atoms with Crippen LogP contribution in [-0.4, -0.2) is 33.0 Å². The summed E-state index contributed by atoms with van der Waals surface area (Å²) < 4.78 is 41.6. The van der Waals surface area contributed by atoms with Crippen molar-refractivity contribution in [3.63, 3.8) is 0 Å². The predicted molar refractivity (Wildman–Crippen MR) is 144 cm³/mol. The van der Waals surface area contributed by atoms with Crippen molar-refractivity contribution in [2.75, 3.05) is 33.0 Å². The number of rotatable bonds is 17. The van der Waals surface area contributed by atoms with Gasteiger partial charge in [-0.1, -0.05) is 57.2 Å². The van der Waals surface area contributed by atoms with Crippen LogP contribution in [-0.2, 0) is 19.8 Å². The summed E-state index contributed by atoms with van der Waals surface area (Å²) in [6, 6.07) is 11.9. The van der Waals surface area contributed by atoms with E-state index < -0.39 is 7.60 Å². The average Bonchev–Trinajstić information content (AvgIpc) is 2.85. The zero-order valence-electron chi connectivity index (χ0n) is 21.9. The van der Waals surface area contributed by atoms with Crippen molar-refractivity contribution in [2.24, 2.45) is 0 Å². The van der Waals surface area contributed by atoms with Crippen LogP contribution in [0.15, 0.2) is 36.4 Å². The Kier molecular flexibility index (Phi) is 13.0. The fraction of sp³-hybridized carbons (Fsp3) is 0.500. The number of ether oxygens (including phenoxy) is 3. The molecule has 0 atom stereocenters. The molecule has 194 valence electrons. The Labute approximate surface area is 211 Å². The number of hydrogen-bond acceptors (Lipinski definition) is 6. The fourth-order valence-corrected chi connectivity index (χ4v) is 5.05. The minimum Gasteiger partial charge on any atom is -0.490 e. The van der Waals surface area contributed by atoms with Crippen LogP contribution >= 0.6 is 7.60 Å². The van der Waals surface area contributed by atoms with Gasteiger partial charge in [0.15, 0.2) is 11.5 Å². The molecular weight excluding hydrogens is 463 g/mol. The van der Waals surface area contributed by atoms with Crippen LogP contribution in [0.25, 0.3) is 12.2 Å². The molecule has 35 heavy (non-hydrogen) atoms. The van der Waals surface area contributed by atoms with Gasteiger partial charge in [-0.15, -0.1) is 0 Å². The van der Waals surface area contributed by atoms with E-state index in [1.165, 1.54) is 0 Å². The highest BCUT2D eigenvalue weighted by Crippen LogP contribution is 2.51. The van der Waals surface area contributed by atoms with Crippen molar-refractivity contribution in [3.8, 4) is 17.2 Å². The highest BCUT2D eigenvalue weighted by molar-refractivity contribution is 7.53. The molecule has 0 bridgehead atoms. The first-order valence-electron chi connectivity index (χ1n) is 12.7. The Morgan fingerprint density at radius 1 is 0.686 bits per heavy atom. The molecule has 0 N–H and O–H groups in total. The van der Waals surface area contributed by atoms with Gasteiger partial charge >= 0.3 is 7.60 Å². The SMILES string of the molecule is CCCOc1cc(/C=C/c2ccc(CP(=O)(OCC)OCC)cc2)cc(OCCC)c1OCCC. The van der Waals surface area contributed by atoms with Crippen LogP contribution in [0, 0.1) is 0 Å². The molecule has 0 aliphatic heterocycles. The summed E-state index contributed by atoms with van der Waals surface area (Å²) in [5.74, 6) is 2.07. The van der Waals surface area contributed by atoms with Crippen molar-refractivity contribution >= 4 is 19.7 Å². The van der Waals surface area contributed by atoms with Crippen molar-refractivity contribution in [3.05, 3.63) is 53.1 Å². The van der Waals surface area contributed by atoms with E-state index in [4.69, 9.17) is 23.3 Å². The maximum absolute atomic E-state index is 12.8. The Bertz CT molecular complexity index is 915. The molecule has 2 rings (SSSR count). The minimum atomic E-state index is -3.12. The van der Waals surface area contributed by atoms with Crippen LogP contribution in [0.3, 0.4) is 0 Å². The molecule has 0 saturated heterocycles. The van der Waals surface area contributed by atoms with Crippen molar-refractivity contribution < 1.29 is 27.8 Å². The molecule has 0 aliphatic rings. The maximum Gasteiger partial charge on any atom is 0.335 e. The molecule has 6 nitrogen and oxygen atoms in total. The molecule has 2 aromatic rings. The van der Waals surface area contributed by atoms with Crippen molar-refractivity contribution in [1.82, 2.24) is 0 Å². The second-order valence-electron chi connectivity index (χ2n) is 8.07. The molecule has 0 unspecified atom stereocenters. The molecular formula is C28H41O6P. The largest absolute Gasteiger partial charge is 0.490 e. The maximum atomic E-state index is 12.8. The summed E-state index contributed by atoms with van der Waals surface area (Å²) in [5, 5.41) is 0. The third-order valence-electron chi connectivity index (χ3n) is 4.89. The van der Waals surface area contributed by atoms with E-state index in [9.17, 15) is 4.57 Å². The first-order valence-corrected chi connectivity index (χ1v) is 14.4. The van der Waals surface area contributed by atoms with Gasteiger partial charge < -0.3 is 23.3 Å². The van der Waals surface area contributed by atoms with Gasteiger partial charge in [-0.2, -0.15) is 0 Å². The molecule has 0 amide bonds. The fourth-order valence-electron chi connectivity index (χ4n) is 3.35. The van der Waals surface area contributed by atoms with Crippen LogP contribution in [0.1, 0.15) is 70.6 Å². The summed E-state index contributed by atoms with van der Waals surface area (Å²) in [5.41, 5.74) is 2.90. The third-order valence-corrected chi connectivity index (χ3v) is 6.95. The van der Waals surface area contributed by atoms with E-state index >= 15 is 0 Å². The quantitative estimate of drug-likeness (QED) is 0.161. The van der Waals surface area contributed by atoms with Crippen LogP contribution in [0.2, 0.25) is 0 Å². The molecule has 7 heteroatoms. The van der Waals surface area contributed by atoms with Gasteiger partial charge in [0.05, 0.1) is 39.2 Å². The number of benzene rings is 2. The summed E-state index contributed by atoms with van der Waals surface area (Å²) >= 11 is 0. The van der Waals surface area contributed by atoms with E-state index in [1.54, 1.807) is 0 Å². The van der Waals surface area contributed by atoms with Crippen molar-refractivity contribution in [1.29, 1.82) is 0 Å². The lowest BCUT2D eigenvalue weighted by Gasteiger charge is -2.17. The Morgan fingerprint density at radius 2 is 1.17 bits per heavy atom. The highest BCUT2D eigenvalue weighted by atomic mass is 31.2. The van der Waals surface area contributed by atoms with Gasteiger partial charge in [0, 0.05) is 0 Å². The van der Waals surface area contributed by atoms with Gasteiger partial charge in [-0.3, -0.25) is 4.57 Å². The van der Waals surface area contributed by atoms with E-state index in [1.807, 2.05) is 62.4 Å². The molecule has 0 saturated carbocycles. The zero-order valence-corrected chi connectivity index (χ0v) is 22.8. The van der Waals surface area contributed by atoms with Crippen LogP contribution in [0.4, 0.5) is 0 Å². The molecule has 0 heterocycles. The second-order valence-corrected chi connectivity index (χ2v) is 10.1. The van der Waals surface area contributed by atoms with Crippen LogP contribution < -0.4 is 14.2 Å². The lowest BCUT2D eigenvalue weighted by atomic mass is 10.1. The molecule has 0 fully saturated rings. The second kappa shape index (κ2) is 15.7. The van der Waals surface area contributed by atoms with E-state index in [-0.39, 0.29) is 6.16 Å². The van der Waals surface area contributed by atoms with Gasteiger partial charge in [-0.05, 0) is 61.9 Å². The van der Waals surface area contributed by atoms with Crippen LogP contribution in [0.5, 0.6) is 17.2 Å². The van der Waals surface area contributed by atoms with Gasteiger partial charge in [0.2, 0.25) is 5.75 Å². The lowest BCUT2D eigenvalue weighted by Crippen LogP contribution is -2.05. The van der Waals surface area contributed by atoms with E-state index in [0.29, 0.717) is 50.3 Å². The third kappa shape index (κ3) is 9.71. The Hall–Kier alpha value is -2.27. The lowest BCUT2D eigenvalue weighted by molar-refractivity contribution is 0.219. The predicted octanol–water partition coefficient (Wildman–Crippen LogP) is 7.99. The van der Waals surface area contributed by atoms with Gasteiger partial charge in [0.1, 0.15) is 0 Å². The van der Waals surface area contributed by atoms with Crippen molar-refractivity contribution in [2.45, 2.75) is 60.0 Å². The average molecular weight is 505 g/mol. The summed E-state index contributed by atoms with van der Waals surface area (Å²) in [7, 11) is -3.12. The topological polar surface area (TPSA) is 63.2 Å². The summed E-state index contributed by atoms with van der Waals surface area (Å²) in [6.07, 6.45) is 7.04. The highest BCUT2D eigenvalue weighted by Gasteiger charge is 2.23. The molecule has 2 aromatic carbocycles. The molecule has 0 aliphatic carbocycles. The summed E-state index contributed by atoms with van der Waals surface area (Å²) in [4.78, 5) is 0. The van der Waals surface area contributed by atoms with E-state index in [2.05, 4.69) is 20.8 Å². The normalized spacial score (nSPS) is 11.7. The number of hydrogen-bond donors (Lipinski definition) is 0. The first-order chi connectivity index (χ1) is 17.0. The first kappa shape index (κ1) is 29.0. The molecule has 0 spiro atoms.